The summed E-state index contributed by atoms with van der Waals surface area (Å²) in [5.74, 6) is 0.949. The van der Waals surface area contributed by atoms with Crippen molar-refractivity contribution in [1.82, 2.24) is 10.3 Å². The number of rotatable bonds is 7. The standard InChI is InChI=1S/C16H22N2OS/c1-4-9-18-16(15-10-17-11-20-15)13-7-5-6-8-14(13)19-12(2)3/h5-8,10-12,16,18H,4,9H2,1-3H3. The van der Waals surface area contributed by atoms with Crippen LogP contribution in [0.3, 0.4) is 0 Å². The molecule has 0 amide bonds. The Hall–Kier alpha value is -1.39. The SMILES string of the molecule is CCCNC(c1cncs1)c1ccccc1OC(C)C. The molecule has 4 heteroatoms. The molecule has 2 aromatic rings. The lowest BCUT2D eigenvalue weighted by Crippen LogP contribution is -2.23. The van der Waals surface area contributed by atoms with Crippen LogP contribution in [0.2, 0.25) is 0 Å². The zero-order chi connectivity index (χ0) is 14.4. The number of benzene rings is 1. The highest BCUT2D eigenvalue weighted by Gasteiger charge is 2.19. The van der Waals surface area contributed by atoms with Gasteiger partial charge < -0.3 is 10.1 Å². The lowest BCUT2D eigenvalue weighted by molar-refractivity contribution is 0.238. The first-order valence-corrected chi connectivity index (χ1v) is 7.97. The molecule has 1 unspecified atom stereocenters. The van der Waals surface area contributed by atoms with E-state index in [4.69, 9.17) is 4.74 Å². The van der Waals surface area contributed by atoms with Gasteiger partial charge in [0.2, 0.25) is 0 Å². The van der Waals surface area contributed by atoms with Gasteiger partial charge in [-0.2, -0.15) is 0 Å². The van der Waals surface area contributed by atoms with Gasteiger partial charge in [0.05, 0.1) is 17.7 Å². The average molecular weight is 290 g/mol. The molecule has 108 valence electrons. The zero-order valence-corrected chi connectivity index (χ0v) is 13.1. The number of nitrogens with one attached hydrogen (secondary N) is 1. The third kappa shape index (κ3) is 3.81. The van der Waals surface area contributed by atoms with E-state index in [9.17, 15) is 0 Å². The van der Waals surface area contributed by atoms with Gasteiger partial charge in [0, 0.05) is 16.6 Å². The summed E-state index contributed by atoms with van der Waals surface area (Å²) in [7, 11) is 0. The van der Waals surface area contributed by atoms with E-state index in [1.54, 1.807) is 11.3 Å². The van der Waals surface area contributed by atoms with Crippen molar-refractivity contribution in [1.29, 1.82) is 0 Å². The third-order valence-electron chi connectivity index (χ3n) is 2.93. The molecule has 1 atom stereocenters. The van der Waals surface area contributed by atoms with E-state index in [0.717, 1.165) is 18.7 Å². The molecular weight excluding hydrogens is 268 g/mol. The van der Waals surface area contributed by atoms with E-state index in [1.807, 2.05) is 23.8 Å². The number of nitrogens with zero attached hydrogens (tertiary/aromatic N) is 1. The van der Waals surface area contributed by atoms with Crippen molar-refractivity contribution in [2.45, 2.75) is 39.3 Å². The number of thiazole rings is 1. The van der Waals surface area contributed by atoms with Gasteiger partial charge in [-0.15, -0.1) is 11.3 Å². The lowest BCUT2D eigenvalue weighted by atomic mass is 10.0. The molecule has 3 nitrogen and oxygen atoms in total. The van der Waals surface area contributed by atoms with Crippen LogP contribution >= 0.6 is 11.3 Å². The monoisotopic (exact) mass is 290 g/mol. The van der Waals surface area contributed by atoms with Crippen molar-refractivity contribution in [3.8, 4) is 5.75 Å². The topological polar surface area (TPSA) is 34.2 Å². The highest BCUT2D eigenvalue weighted by atomic mass is 32.1. The highest BCUT2D eigenvalue weighted by Crippen LogP contribution is 2.32. The van der Waals surface area contributed by atoms with Crippen molar-refractivity contribution in [2.24, 2.45) is 0 Å². The molecular formula is C16H22N2OS. The number of aromatic nitrogens is 1. The van der Waals surface area contributed by atoms with Crippen LogP contribution in [0.1, 0.15) is 43.7 Å². The van der Waals surface area contributed by atoms with Crippen molar-refractivity contribution < 1.29 is 4.74 Å². The second-order valence-corrected chi connectivity index (χ2v) is 5.91. The van der Waals surface area contributed by atoms with Gasteiger partial charge in [0.15, 0.2) is 0 Å². The molecule has 0 fully saturated rings. The minimum absolute atomic E-state index is 0.150. The molecule has 0 aliphatic rings. The Morgan fingerprint density at radius 1 is 1.30 bits per heavy atom. The van der Waals surface area contributed by atoms with Crippen molar-refractivity contribution in [2.75, 3.05) is 6.54 Å². The van der Waals surface area contributed by atoms with Crippen LogP contribution in [-0.4, -0.2) is 17.6 Å². The van der Waals surface area contributed by atoms with E-state index in [0.29, 0.717) is 0 Å². The number of hydrogen-bond acceptors (Lipinski definition) is 4. The van der Waals surface area contributed by atoms with Gasteiger partial charge in [-0.25, -0.2) is 0 Å². The summed E-state index contributed by atoms with van der Waals surface area (Å²) in [6.07, 6.45) is 3.21. The quantitative estimate of drug-likeness (QED) is 0.836. The van der Waals surface area contributed by atoms with Gasteiger partial charge in [-0.3, -0.25) is 4.98 Å². The fourth-order valence-electron chi connectivity index (χ4n) is 2.10. The molecule has 0 aliphatic heterocycles. The number of ether oxygens (including phenoxy) is 1. The van der Waals surface area contributed by atoms with Crippen LogP contribution in [0.25, 0.3) is 0 Å². The molecule has 2 rings (SSSR count). The molecule has 0 saturated heterocycles. The zero-order valence-electron chi connectivity index (χ0n) is 12.3. The largest absolute Gasteiger partial charge is 0.491 e. The predicted molar refractivity (Wildman–Crippen MR) is 84.5 cm³/mol. The van der Waals surface area contributed by atoms with Crippen LogP contribution < -0.4 is 10.1 Å². The molecule has 20 heavy (non-hydrogen) atoms. The first-order valence-electron chi connectivity index (χ1n) is 7.09. The van der Waals surface area contributed by atoms with Crippen LogP contribution in [0.15, 0.2) is 36.0 Å². The molecule has 0 bridgehead atoms. The minimum atomic E-state index is 0.150. The maximum atomic E-state index is 5.95. The normalized spacial score (nSPS) is 12.6. The number of para-hydroxylation sites is 1. The lowest BCUT2D eigenvalue weighted by Gasteiger charge is -2.21. The van der Waals surface area contributed by atoms with E-state index >= 15 is 0 Å². The van der Waals surface area contributed by atoms with Gasteiger partial charge in [-0.1, -0.05) is 25.1 Å². The second kappa shape index (κ2) is 7.41. The predicted octanol–water partition coefficient (Wildman–Crippen LogP) is 4.02. The second-order valence-electron chi connectivity index (χ2n) is 5.00. The highest BCUT2D eigenvalue weighted by molar-refractivity contribution is 7.09. The molecule has 0 saturated carbocycles. The Bertz CT molecular complexity index is 511. The smallest absolute Gasteiger partial charge is 0.124 e. The summed E-state index contributed by atoms with van der Waals surface area (Å²) in [6.45, 7) is 7.25. The molecule has 1 heterocycles. The molecule has 1 aromatic carbocycles. The number of hydrogen-bond donors (Lipinski definition) is 1. The van der Waals surface area contributed by atoms with E-state index in [2.05, 4.69) is 43.2 Å². The van der Waals surface area contributed by atoms with Gasteiger partial charge in [0.25, 0.3) is 0 Å². The third-order valence-corrected chi connectivity index (χ3v) is 3.77. The van der Waals surface area contributed by atoms with Crippen LogP contribution in [-0.2, 0) is 0 Å². The first kappa shape index (κ1) is 15.0. The van der Waals surface area contributed by atoms with E-state index in [1.165, 1.54) is 10.4 Å². The van der Waals surface area contributed by atoms with E-state index < -0.39 is 0 Å². The maximum absolute atomic E-state index is 5.95. The molecule has 1 aromatic heterocycles. The van der Waals surface area contributed by atoms with Crippen LogP contribution in [0, 0.1) is 0 Å². The summed E-state index contributed by atoms with van der Waals surface area (Å²) in [4.78, 5) is 5.43. The Kier molecular flexibility index (Phi) is 5.56. The summed E-state index contributed by atoms with van der Waals surface area (Å²) >= 11 is 1.67. The molecule has 0 aliphatic carbocycles. The van der Waals surface area contributed by atoms with Gasteiger partial charge in [0.1, 0.15) is 5.75 Å². The average Bonchev–Trinajstić information content (AvgIpc) is 2.94. The van der Waals surface area contributed by atoms with E-state index in [-0.39, 0.29) is 12.1 Å². The van der Waals surface area contributed by atoms with Crippen molar-refractivity contribution in [3.63, 3.8) is 0 Å². The molecule has 1 N–H and O–H groups in total. The minimum Gasteiger partial charge on any atom is -0.491 e. The van der Waals surface area contributed by atoms with Crippen LogP contribution in [0.4, 0.5) is 0 Å². The Morgan fingerprint density at radius 2 is 2.10 bits per heavy atom. The Balaban J connectivity index is 2.33. The van der Waals surface area contributed by atoms with Crippen molar-refractivity contribution in [3.05, 3.63) is 46.4 Å². The Labute approximate surface area is 125 Å². The first-order chi connectivity index (χ1) is 9.72. The fourth-order valence-corrected chi connectivity index (χ4v) is 2.81. The Morgan fingerprint density at radius 3 is 2.75 bits per heavy atom. The maximum Gasteiger partial charge on any atom is 0.124 e. The van der Waals surface area contributed by atoms with Crippen LogP contribution in [0.5, 0.6) is 5.75 Å². The fraction of sp³-hybridized carbons (Fsp3) is 0.438. The summed E-state index contributed by atoms with van der Waals surface area (Å²) in [5, 5.41) is 3.59. The summed E-state index contributed by atoms with van der Waals surface area (Å²) in [6, 6.07) is 8.40. The molecule has 0 spiro atoms. The van der Waals surface area contributed by atoms with Crippen molar-refractivity contribution >= 4 is 11.3 Å². The summed E-state index contributed by atoms with van der Waals surface area (Å²) < 4.78 is 5.95. The summed E-state index contributed by atoms with van der Waals surface area (Å²) in [5.41, 5.74) is 3.06. The van der Waals surface area contributed by atoms with Gasteiger partial charge >= 0.3 is 0 Å². The van der Waals surface area contributed by atoms with Gasteiger partial charge in [-0.05, 0) is 32.9 Å². The molecule has 0 radical (unpaired) electrons.